The lowest BCUT2D eigenvalue weighted by Crippen LogP contribution is -2.18. The molecule has 0 N–H and O–H groups in total. The summed E-state index contributed by atoms with van der Waals surface area (Å²) in [6.45, 7) is 4.52. The Bertz CT molecular complexity index is 217. The molecule has 13 heavy (non-hydrogen) atoms. The van der Waals surface area contributed by atoms with Crippen LogP contribution in [0.5, 0.6) is 0 Å². The summed E-state index contributed by atoms with van der Waals surface area (Å²) in [5, 5.41) is 0. The highest BCUT2D eigenvalue weighted by Gasteiger charge is 2.36. The number of rotatable bonds is 3. The quantitative estimate of drug-likeness (QED) is 0.378. The van der Waals surface area contributed by atoms with Crippen molar-refractivity contribution in [2.45, 2.75) is 38.4 Å². The van der Waals surface area contributed by atoms with Gasteiger partial charge in [0, 0.05) is 0 Å². The standard InChI is InChI=1S/C11H19ClSi/c1-13(2,12)6-5-11-8-9-3-4-10(11)7-9/h3-4,9-11H,5-8H2,1-2H3/t9-,10-,11+/m1/s1. The summed E-state index contributed by atoms with van der Waals surface area (Å²) < 4.78 is 0. The van der Waals surface area contributed by atoms with Crippen molar-refractivity contribution in [1.29, 1.82) is 0 Å². The van der Waals surface area contributed by atoms with Crippen LogP contribution < -0.4 is 0 Å². The fraction of sp³-hybridized carbons (Fsp3) is 0.818. The molecule has 0 aliphatic heterocycles. The molecule has 2 rings (SSSR count). The molecule has 0 aromatic rings. The molecule has 1 saturated carbocycles. The maximum atomic E-state index is 6.33. The molecule has 2 bridgehead atoms. The van der Waals surface area contributed by atoms with Crippen LogP contribution in [0.25, 0.3) is 0 Å². The first-order chi connectivity index (χ1) is 6.04. The van der Waals surface area contributed by atoms with Crippen molar-refractivity contribution in [3.8, 4) is 0 Å². The predicted molar refractivity (Wildman–Crippen MR) is 61.6 cm³/mol. The molecule has 0 aromatic carbocycles. The molecule has 0 spiro atoms. The molecule has 1 fully saturated rings. The molecule has 0 saturated heterocycles. The summed E-state index contributed by atoms with van der Waals surface area (Å²) in [5.41, 5.74) is 0. The van der Waals surface area contributed by atoms with Crippen LogP contribution >= 0.6 is 11.1 Å². The van der Waals surface area contributed by atoms with E-state index >= 15 is 0 Å². The number of fused-ring (bicyclic) bond motifs is 2. The molecule has 0 nitrogen and oxygen atoms in total. The van der Waals surface area contributed by atoms with Crippen molar-refractivity contribution < 1.29 is 0 Å². The third kappa shape index (κ3) is 2.38. The molecule has 0 radical (unpaired) electrons. The van der Waals surface area contributed by atoms with Crippen molar-refractivity contribution in [1.82, 2.24) is 0 Å². The van der Waals surface area contributed by atoms with Gasteiger partial charge in [-0.15, -0.1) is 0 Å². The Hall–Kier alpha value is 0.247. The van der Waals surface area contributed by atoms with Gasteiger partial charge >= 0.3 is 0 Å². The van der Waals surface area contributed by atoms with Crippen molar-refractivity contribution in [3.63, 3.8) is 0 Å². The molecule has 3 atom stereocenters. The average Bonchev–Trinajstić information content (AvgIpc) is 2.58. The maximum Gasteiger partial charge on any atom is 0.150 e. The summed E-state index contributed by atoms with van der Waals surface area (Å²) >= 11 is 6.33. The lowest BCUT2D eigenvalue weighted by Gasteiger charge is -2.21. The van der Waals surface area contributed by atoms with Gasteiger partial charge in [-0.2, -0.15) is 11.1 Å². The van der Waals surface area contributed by atoms with Crippen molar-refractivity contribution in [2.75, 3.05) is 0 Å². The van der Waals surface area contributed by atoms with Crippen LogP contribution in [0.2, 0.25) is 19.1 Å². The van der Waals surface area contributed by atoms with E-state index in [1.807, 2.05) is 0 Å². The van der Waals surface area contributed by atoms with Crippen molar-refractivity contribution in [3.05, 3.63) is 12.2 Å². The van der Waals surface area contributed by atoms with Crippen LogP contribution in [0.4, 0.5) is 0 Å². The van der Waals surface area contributed by atoms with E-state index < -0.39 is 7.38 Å². The van der Waals surface area contributed by atoms with Crippen LogP contribution in [0.1, 0.15) is 19.3 Å². The fourth-order valence-electron chi connectivity index (χ4n) is 2.76. The molecule has 2 aliphatic rings. The summed E-state index contributed by atoms with van der Waals surface area (Å²) in [7, 11) is -1.30. The molecule has 0 aromatic heterocycles. The Morgan fingerprint density at radius 1 is 1.31 bits per heavy atom. The Balaban J connectivity index is 1.81. The van der Waals surface area contributed by atoms with Gasteiger partial charge in [0.15, 0.2) is 7.38 Å². The van der Waals surface area contributed by atoms with E-state index in [-0.39, 0.29) is 0 Å². The zero-order valence-corrected chi connectivity index (χ0v) is 10.3. The monoisotopic (exact) mass is 214 g/mol. The Kier molecular flexibility index (Phi) is 2.58. The lowest BCUT2D eigenvalue weighted by molar-refractivity contribution is 0.433. The Morgan fingerprint density at radius 2 is 2.08 bits per heavy atom. The van der Waals surface area contributed by atoms with E-state index in [4.69, 9.17) is 11.1 Å². The Labute approximate surface area is 87.1 Å². The van der Waals surface area contributed by atoms with Gasteiger partial charge in [-0.1, -0.05) is 31.7 Å². The summed E-state index contributed by atoms with van der Waals surface area (Å²) in [6, 6.07) is 1.30. The molecule has 2 aliphatic carbocycles. The minimum absolute atomic E-state index is 0.915. The second kappa shape index (κ2) is 3.43. The largest absolute Gasteiger partial charge is 0.168 e. The van der Waals surface area contributed by atoms with Gasteiger partial charge in [0.05, 0.1) is 0 Å². The molecular formula is C11H19ClSi. The molecule has 2 heteroatoms. The van der Waals surface area contributed by atoms with E-state index in [2.05, 4.69) is 25.2 Å². The normalized spacial score (nSPS) is 37.3. The minimum atomic E-state index is -1.30. The smallest absolute Gasteiger partial charge is 0.150 e. The number of hydrogen-bond donors (Lipinski definition) is 0. The topological polar surface area (TPSA) is 0 Å². The summed E-state index contributed by atoms with van der Waals surface area (Å²) in [5.74, 6) is 2.81. The zero-order valence-electron chi connectivity index (χ0n) is 8.59. The minimum Gasteiger partial charge on any atom is -0.168 e. The van der Waals surface area contributed by atoms with E-state index in [1.54, 1.807) is 0 Å². The number of allylic oxidation sites excluding steroid dienone is 2. The van der Waals surface area contributed by atoms with Crippen molar-refractivity contribution in [2.24, 2.45) is 17.8 Å². The van der Waals surface area contributed by atoms with Crippen LogP contribution in [0, 0.1) is 17.8 Å². The fourth-order valence-corrected chi connectivity index (χ4v) is 4.14. The van der Waals surface area contributed by atoms with Gasteiger partial charge in [-0.25, -0.2) is 0 Å². The third-order valence-electron chi connectivity index (χ3n) is 3.53. The highest BCUT2D eigenvalue weighted by atomic mass is 35.6. The molecule has 0 unspecified atom stereocenters. The summed E-state index contributed by atoms with van der Waals surface area (Å²) in [4.78, 5) is 0. The molecular weight excluding hydrogens is 196 g/mol. The van der Waals surface area contributed by atoms with Gasteiger partial charge in [-0.05, 0) is 36.6 Å². The first-order valence-electron chi connectivity index (χ1n) is 5.42. The highest BCUT2D eigenvalue weighted by Crippen LogP contribution is 2.46. The average molecular weight is 215 g/mol. The lowest BCUT2D eigenvalue weighted by atomic mass is 9.91. The van der Waals surface area contributed by atoms with Crippen LogP contribution in [-0.4, -0.2) is 7.38 Å². The van der Waals surface area contributed by atoms with Crippen LogP contribution in [-0.2, 0) is 0 Å². The zero-order chi connectivity index (χ0) is 9.47. The van der Waals surface area contributed by atoms with Crippen LogP contribution in [0.15, 0.2) is 12.2 Å². The first kappa shape index (κ1) is 9.79. The number of hydrogen-bond acceptors (Lipinski definition) is 0. The van der Waals surface area contributed by atoms with Gasteiger partial charge in [-0.3, -0.25) is 0 Å². The Morgan fingerprint density at radius 3 is 2.54 bits per heavy atom. The molecule has 0 heterocycles. The molecule has 0 amide bonds. The second-order valence-corrected chi connectivity index (χ2v) is 12.3. The van der Waals surface area contributed by atoms with E-state index in [9.17, 15) is 0 Å². The van der Waals surface area contributed by atoms with Crippen LogP contribution in [0.3, 0.4) is 0 Å². The van der Waals surface area contributed by atoms with Gasteiger partial charge in [0.25, 0.3) is 0 Å². The van der Waals surface area contributed by atoms with Gasteiger partial charge in [0.1, 0.15) is 0 Å². The van der Waals surface area contributed by atoms with E-state index in [0.717, 1.165) is 17.8 Å². The summed E-state index contributed by atoms with van der Waals surface area (Å²) in [6.07, 6.45) is 9.14. The third-order valence-corrected chi connectivity index (χ3v) is 5.57. The predicted octanol–water partition coefficient (Wildman–Crippen LogP) is 4.03. The second-order valence-electron chi connectivity index (χ2n) is 5.30. The van der Waals surface area contributed by atoms with Crippen molar-refractivity contribution >= 4 is 18.5 Å². The SMILES string of the molecule is C[Si](C)(Cl)CC[C@H]1C[C@@H]2C=C[C@@H]1C2. The van der Waals surface area contributed by atoms with Gasteiger partial charge in [0.2, 0.25) is 0 Å². The highest BCUT2D eigenvalue weighted by molar-refractivity contribution is 7.19. The van der Waals surface area contributed by atoms with Gasteiger partial charge < -0.3 is 0 Å². The maximum absolute atomic E-state index is 6.33. The van der Waals surface area contributed by atoms with E-state index in [0.29, 0.717) is 0 Å². The molecule has 74 valence electrons. The number of halogens is 1. The first-order valence-corrected chi connectivity index (χ1v) is 9.64. The van der Waals surface area contributed by atoms with E-state index in [1.165, 1.54) is 25.3 Å².